The molecular weight excluding hydrogens is 196 g/mol. The summed E-state index contributed by atoms with van der Waals surface area (Å²) in [6.07, 6.45) is 0. The molecule has 0 spiro atoms. The van der Waals surface area contributed by atoms with E-state index in [0.717, 1.165) is 16.7 Å². The van der Waals surface area contributed by atoms with Crippen molar-refractivity contribution in [1.29, 1.82) is 0 Å². The minimum Gasteiger partial charge on any atom is -0.384 e. The molecule has 0 heterocycles. The van der Waals surface area contributed by atoms with Crippen LogP contribution in [0.1, 0.15) is 5.56 Å². The number of hydrogen-bond acceptors (Lipinski definition) is 1. The Labute approximate surface area is 95.4 Å². The van der Waals surface area contributed by atoms with E-state index in [2.05, 4.69) is 24.0 Å². The second-order valence-corrected chi connectivity index (χ2v) is 3.37. The second kappa shape index (κ2) is 5.16. The van der Waals surface area contributed by atoms with Crippen molar-refractivity contribution in [1.82, 2.24) is 0 Å². The molecule has 0 atom stereocenters. The van der Waals surface area contributed by atoms with Gasteiger partial charge in [-0.2, -0.15) is 0 Å². The molecular formula is C15H12O. The first kappa shape index (κ1) is 10.5. The first-order chi connectivity index (χ1) is 7.92. The van der Waals surface area contributed by atoms with Crippen LogP contribution < -0.4 is 0 Å². The van der Waals surface area contributed by atoms with Crippen LogP contribution in [0.2, 0.25) is 0 Å². The van der Waals surface area contributed by atoms with Crippen molar-refractivity contribution in [2.24, 2.45) is 0 Å². The topological polar surface area (TPSA) is 20.2 Å². The van der Waals surface area contributed by atoms with Gasteiger partial charge in [0.2, 0.25) is 0 Å². The number of hydrogen-bond donors (Lipinski definition) is 1. The van der Waals surface area contributed by atoms with Crippen LogP contribution in [-0.2, 0) is 0 Å². The van der Waals surface area contributed by atoms with Crippen LogP contribution in [0.25, 0.3) is 11.1 Å². The molecule has 0 bridgehead atoms. The molecule has 16 heavy (non-hydrogen) atoms. The Kier molecular flexibility index (Phi) is 3.38. The van der Waals surface area contributed by atoms with Gasteiger partial charge in [0.1, 0.15) is 6.61 Å². The molecule has 0 aliphatic heterocycles. The fourth-order valence-electron chi connectivity index (χ4n) is 1.60. The molecule has 0 unspecified atom stereocenters. The van der Waals surface area contributed by atoms with Gasteiger partial charge in [-0.05, 0) is 17.2 Å². The highest BCUT2D eigenvalue weighted by Gasteiger charge is 2.00. The maximum absolute atomic E-state index is 8.72. The van der Waals surface area contributed by atoms with Crippen molar-refractivity contribution in [2.75, 3.05) is 6.61 Å². The summed E-state index contributed by atoms with van der Waals surface area (Å²) in [6.45, 7) is -0.108. The largest absolute Gasteiger partial charge is 0.384 e. The quantitative estimate of drug-likeness (QED) is 0.714. The van der Waals surface area contributed by atoms with Gasteiger partial charge in [0.05, 0.1) is 0 Å². The molecule has 1 nitrogen and oxygen atoms in total. The van der Waals surface area contributed by atoms with Crippen molar-refractivity contribution < 1.29 is 5.11 Å². The predicted molar refractivity (Wildman–Crippen MR) is 65.8 cm³/mol. The highest BCUT2D eigenvalue weighted by molar-refractivity contribution is 5.70. The van der Waals surface area contributed by atoms with Crippen LogP contribution in [0.5, 0.6) is 0 Å². The molecule has 0 aliphatic carbocycles. The van der Waals surface area contributed by atoms with Gasteiger partial charge in [0.15, 0.2) is 0 Å². The summed E-state index contributed by atoms with van der Waals surface area (Å²) in [5, 5.41) is 8.72. The van der Waals surface area contributed by atoms with Crippen molar-refractivity contribution in [3.63, 3.8) is 0 Å². The molecule has 0 amide bonds. The lowest BCUT2D eigenvalue weighted by atomic mass is 10.0. The summed E-state index contributed by atoms with van der Waals surface area (Å²) in [7, 11) is 0. The molecule has 0 radical (unpaired) electrons. The first-order valence-electron chi connectivity index (χ1n) is 5.16. The van der Waals surface area contributed by atoms with Crippen LogP contribution in [0.15, 0.2) is 54.6 Å². The summed E-state index contributed by atoms with van der Waals surface area (Å²) in [5.74, 6) is 5.64. The number of aliphatic hydroxyl groups excluding tert-OH is 1. The van der Waals surface area contributed by atoms with E-state index >= 15 is 0 Å². The molecule has 0 aromatic heterocycles. The third kappa shape index (κ3) is 2.31. The van der Waals surface area contributed by atoms with E-state index in [0.29, 0.717) is 0 Å². The van der Waals surface area contributed by atoms with Gasteiger partial charge < -0.3 is 5.11 Å². The van der Waals surface area contributed by atoms with Gasteiger partial charge in [-0.15, -0.1) is 0 Å². The van der Waals surface area contributed by atoms with Crippen LogP contribution in [0.4, 0.5) is 0 Å². The lowest BCUT2D eigenvalue weighted by molar-refractivity contribution is 0.350. The van der Waals surface area contributed by atoms with Gasteiger partial charge in [0, 0.05) is 5.56 Å². The minimum absolute atomic E-state index is 0.108. The molecule has 2 aromatic rings. The standard InChI is InChI=1S/C15H12O/c16-12-6-10-14-9-4-5-11-15(14)13-7-2-1-3-8-13/h1-5,7-9,11,16H,12H2. The lowest BCUT2D eigenvalue weighted by Crippen LogP contribution is -1.84. The van der Waals surface area contributed by atoms with Gasteiger partial charge in [-0.25, -0.2) is 0 Å². The van der Waals surface area contributed by atoms with E-state index in [1.807, 2.05) is 42.5 Å². The Morgan fingerprint density at radius 2 is 1.56 bits per heavy atom. The minimum atomic E-state index is -0.108. The number of aliphatic hydroxyl groups is 1. The Bertz CT molecular complexity index is 518. The second-order valence-electron chi connectivity index (χ2n) is 3.37. The van der Waals surface area contributed by atoms with E-state index in [1.54, 1.807) is 0 Å². The Hall–Kier alpha value is -2.04. The average molecular weight is 208 g/mol. The molecule has 2 aromatic carbocycles. The van der Waals surface area contributed by atoms with Crippen LogP contribution in [-0.4, -0.2) is 11.7 Å². The average Bonchev–Trinajstić information content (AvgIpc) is 2.38. The molecule has 1 N–H and O–H groups in total. The molecule has 0 fully saturated rings. The summed E-state index contributed by atoms with van der Waals surface area (Å²) < 4.78 is 0. The predicted octanol–water partition coefficient (Wildman–Crippen LogP) is 2.70. The van der Waals surface area contributed by atoms with Crippen LogP contribution in [0.3, 0.4) is 0 Å². The van der Waals surface area contributed by atoms with Crippen molar-refractivity contribution in [2.45, 2.75) is 0 Å². The number of benzene rings is 2. The zero-order chi connectivity index (χ0) is 11.2. The Morgan fingerprint density at radius 3 is 2.31 bits per heavy atom. The summed E-state index contributed by atoms with van der Waals surface area (Å²) in [5.41, 5.74) is 3.19. The van der Waals surface area contributed by atoms with Crippen LogP contribution in [0, 0.1) is 11.8 Å². The molecule has 0 saturated carbocycles. The van der Waals surface area contributed by atoms with E-state index in [4.69, 9.17) is 5.11 Å². The Morgan fingerprint density at radius 1 is 0.875 bits per heavy atom. The maximum Gasteiger partial charge on any atom is 0.104 e. The zero-order valence-corrected chi connectivity index (χ0v) is 8.85. The smallest absolute Gasteiger partial charge is 0.104 e. The maximum atomic E-state index is 8.72. The fraction of sp³-hybridized carbons (Fsp3) is 0.0667. The van der Waals surface area contributed by atoms with Gasteiger partial charge >= 0.3 is 0 Å². The molecule has 2 rings (SSSR count). The fourth-order valence-corrected chi connectivity index (χ4v) is 1.60. The van der Waals surface area contributed by atoms with Gasteiger partial charge in [-0.3, -0.25) is 0 Å². The molecule has 0 aliphatic rings. The van der Waals surface area contributed by atoms with Gasteiger partial charge in [-0.1, -0.05) is 60.4 Å². The van der Waals surface area contributed by atoms with E-state index in [9.17, 15) is 0 Å². The third-order valence-corrected chi connectivity index (χ3v) is 2.31. The highest BCUT2D eigenvalue weighted by Crippen LogP contribution is 2.22. The van der Waals surface area contributed by atoms with E-state index < -0.39 is 0 Å². The highest BCUT2D eigenvalue weighted by atomic mass is 16.2. The summed E-state index contributed by atoms with van der Waals surface area (Å²) >= 11 is 0. The molecule has 0 saturated heterocycles. The van der Waals surface area contributed by atoms with E-state index in [-0.39, 0.29) is 6.61 Å². The monoisotopic (exact) mass is 208 g/mol. The molecule has 1 heteroatoms. The lowest BCUT2D eigenvalue weighted by Gasteiger charge is -2.03. The van der Waals surface area contributed by atoms with Gasteiger partial charge in [0.25, 0.3) is 0 Å². The number of rotatable bonds is 1. The summed E-state index contributed by atoms with van der Waals surface area (Å²) in [6, 6.07) is 18.1. The van der Waals surface area contributed by atoms with Crippen molar-refractivity contribution >= 4 is 0 Å². The Balaban J connectivity index is 2.49. The van der Waals surface area contributed by atoms with E-state index in [1.165, 1.54) is 0 Å². The van der Waals surface area contributed by atoms with Crippen molar-refractivity contribution in [3.8, 4) is 23.0 Å². The van der Waals surface area contributed by atoms with Crippen molar-refractivity contribution in [3.05, 3.63) is 60.2 Å². The first-order valence-corrected chi connectivity index (χ1v) is 5.16. The normalized spacial score (nSPS) is 9.31. The summed E-state index contributed by atoms with van der Waals surface area (Å²) in [4.78, 5) is 0. The SMILES string of the molecule is OCC#Cc1ccccc1-c1ccccc1. The van der Waals surface area contributed by atoms with Crippen LogP contribution >= 0.6 is 0 Å². The molecule has 78 valence electrons. The third-order valence-electron chi connectivity index (χ3n) is 2.31. The zero-order valence-electron chi connectivity index (χ0n) is 8.85.